The van der Waals surface area contributed by atoms with Gasteiger partial charge in [-0.25, -0.2) is 17.1 Å². The number of aryl methyl sites for hydroxylation is 1. The first-order valence-electron chi connectivity index (χ1n) is 9.27. The maximum Gasteiger partial charge on any atom is 0.266 e. The summed E-state index contributed by atoms with van der Waals surface area (Å²) in [6.07, 6.45) is 3.65. The Hall–Kier alpha value is -2.25. The summed E-state index contributed by atoms with van der Waals surface area (Å²) in [4.78, 5) is 0.189. The van der Waals surface area contributed by atoms with Gasteiger partial charge in [-0.2, -0.15) is 0 Å². The maximum atomic E-state index is 13.5. The standard InChI is InChI=1S/C21H21FN2O2S2/c1-14-6-12-17(13-7-14)28(25,26)24-20(15-8-10-16(22)11-9-15)18-4-2-3-5-19(18)23-21(24)27/h6-13,20H,2-5H2,1H3,(H,23,27). The van der Waals surface area contributed by atoms with Crippen molar-refractivity contribution in [3.63, 3.8) is 0 Å². The molecule has 0 spiro atoms. The minimum atomic E-state index is -3.88. The van der Waals surface area contributed by atoms with Gasteiger partial charge < -0.3 is 5.32 Å². The fourth-order valence-corrected chi connectivity index (χ4v) is 5.89. The molecule has 1 aliphatic heterocycles. The van der Waals surface area contributed by atoms with E-state index in [0.717, 1.165) is 48.1 Å². The van der Waals surface area contributed by atoms with E-state index < -0.39 is 16.1 Å². The number of nitrogens with zero attached hydrogens (tertiary/aromatic N) is 1. The van der Waals surface area contributed by atoms with Crippen molar-refractivity contribution in [1.29, 1.82) is 0 Å². The second-order valence-corrected chi connectivity index (χ2v) is 9.41. The van der Waals surface area contributed by atoms with E-state index >= 15 is 0 Å². The second kappa shape index (κ2) is 7.29. The van der Waals surface area contributed by atoms with Crippen molar-refractivity contribution in [3.05, 3.63) is 76.7 Å². The lowest BCUT2D eigenvalue weighted by atomic mass is 9.86. The molecule has 0 fully saturated rings. The van der Waals surface area contributed by atoms with E-state index in [0.29, 0.717) is 0 Å². The van der Waals surface area contributed by atoms with E-state index in [4.69, 9.17) is 12.2 Å². The molecule has 146 valence electrons. The Morgan fingerprint density at radius 3 is 2.36 bits per heavy atom. The van der Waals surface area contributed by atoms with Gasteiger partial charge in [0.15, 0.2) is 5.11 Å². The third kappa shape index (κ3) is 3.33. The van der Waals surface area contributed by atoms with Crippen LogP contribution in [0, 0.1) is 12.7 Å². The Kier molecular flexibility index (Phi) is 4.97. The summed E-state index contributed by atoms with van der Waals surface area (Å²) < 4.78 is 41.9. The molecular formula is C21H21FN2O2S2. The average molecular weight is 417 g/mol. The van der Waals surface area contributed by atoms with E-state index in [1.54, 1.807) is 36.4 Å². The van der Waals surface area contributed by atoms with E-state index in [2.05, 4.69) is 5.32 Å². The van der Waals surface area contributed by atoms with Gasteiger partial charge in [0, 0.05) is 5.70 Å². The van der Waals surface area contributed by atoms with Gasteiger partial charge in [-0.1, -0.05) is 29.8 Å². The van der Waals surface area contributed by atoms with Crippen LogP contribution in [0.4, 0.5) is 4.39 Å². The zero-order valence-corrected chi connectivity index (χ0v) is 17.1. The van der Waals surface area contributed by atoms with Crippen LogP contribution < -0.4 is 5.32 Å². The molecule has 0 bridgehead atoms. The minimum absolute atomic E-state index is 0.163. The number of hydrogen-bond acceptors (Lipinski definition) is 3. The van der Waals surface area contributed by atoms with Crippen molar-refractivity contribution >= 4 is 27.4 Å². The van der Waals surface area contributed by atoms with E-state index in [-0.39, 0.29) is 15.8 Å². The molecule has 4 rings (SSSR count). The van der Waals surface area contributed by atoms with Crippen molar-refractivity contribution in [2.45, 2.75) is 43.5 Å². The zero-order chi connectivity index (χ0) is 19.9. The number of thiocarbonyl (C=S) groups is 1. The van der Waals surface area contributed by atoms with Crippen LogP contribution in [0.5, 0.6) is 0 Å². The Morgan fingerprint density at radius 1 is 1.04 bits per heavy atom. The van der Waals surface area contributed by atoms with E-state index in [9.17, 15) is 12.8 Å². The third-order valence-corrected chi connectivity index (χ3v) is 7.49. The average Bonchev–Trinajstić information content (AvgIpc) is 2.68. The number of halogens is 1. The maximum absolute atomic E-state index is 13.5. The highest BCUT2D eigenvalue weighted by molar-refractivity contribution is 7.91. The summed E-state index contributed by atoms with van der Waals surface area (Å²) in [6.45, 7) is 1.91. The lowest BCUT2D eigenvalue weighted by Crippen LogP contribution is -2.50. The molecule has 28 heavy (non-hydrogen) atoms. The molecule has 0 saturated heterocycles. The minimum Gasteiger partial charge on any atom is -0.335 e. The lowest BCUT2D eigenvalue weighted by molar-refractivity contribution is 0.427. The van der Waals surface area contributed by atoms with Crippen molar-refractivity contribution in [1.82, 2.24) is 9.62 Å². The third-order valence-electron chi connectivity index (χ3n) is 5.30. The number of nitrogens with one attached hydrogen (secondary N) is 1. The molecule has 0 amide bonds. The van der Waals surface area contributed by atoms with Crippen LogP contribution >= 0.6 is 12.2 Å². The monoisotopic (exact) mass is 416 g/mol. The van der Waals surface area contributed by atoms with Crippen molar-refractivity contribution in [3.8, 4) is 0 Å². The summed E-state index contributed by atoms with van der Waals surface area (Å²) in [5.74, 6) is -0.356. The summed E-state index contributed by atoms with van der Waals surface area (Å²) in [7, 11) is -3.88. The summed E-state index contributed by atoms with van der Waals surface area (Å²) >= 11 is 5.50. The summed E-state index contributed by atoms with van der Waals surface area (Å²) in [5, 5.41) is 3.31. The molecule has 1 aliphatic carbocycles. The topological polar surface area (TPSA) is 49.4 Å². The normalized spacial score (nSPS) is 20.0. The predicted octanol–water partition coefficient (Wildman–Crippen LogP) is 4.58. The Balaban J connectivity index is 1.88. The Labute approximate surface area is 170 Å². The van der Waals surface area contributed by atoms with Crippen LogP contribution in [0.25, 0.3) is 0 Å². The summed E-state index contributed by atoms with van der Waals surface area (Å²) in [6, 6.07) is 12.2. The molecule has 0 aromatic heterocycles. The van der Waals surface area contributed by atoms with Gasteiger partial charge in [-0.3, -0.25) is 0 Å². The highest BCUT2D eigenvalue weighted by Crippen LogP contribution is 2.42. The van der Waals surface area contributed by atoms with Gasteiger partial charge in [-0.05, 0) is 80.2 Å². The van der Waals surface area contributed by atoms with Gasteiger partial charge in [0.25, 0.3) is 10.0 Å². The summed E-state index contributed by atoms with van der Waals surface area (Å²) in [5.41, 5.74) is 3.71. The molecule has 2 aromatic rings. The predicted molar refractivity (Wildman–Crippen MR) is 111 cm³/mol. The number of allylic oxidation sites excluding steroid dienone is 1. The van der Waals surface area contributed by atoms with Gasteiger partial charge in [0.1, 0.15) is 5.82 Å². The van der Waals surface area contributed by atoms with Crippen LogP contribution in [-0.2, 0) is 10.0 Å². The van der Waals surface area contributed by atoms with Gasteiger partial charge in [-0.15, -0.1) is 0 Å². The first-order valence-corrected chi connectivity index (χ1v) is 11.1. The van der Waals surface area contributed by atoms with Crippen LogP contribution in [0.3, 0.4) is 0 Å². The molecule has 2 aromatic carbocycles. The quantitative estimate of drug-likeness (QED) is 0.744. The highest BCUT2D eigenvalue weighted by atomic mass is 32.2. The smallest absolute Gasteiger partial charge is 0.266 e. The van der Waals surface area contributed by atoms with Crippen molar-refractivity contribution < 1.29 is 12.8 Å². The largest absolute Gasteiger partial charge is 0.335 e. The Bertz CT molecular complexity index is 1040. The van der Waals surface area contributed by atoms with Crippen LogP contribution in [0.15, 0.2) is 64.7 Å². The van der Waals surface area contributed by atoms with Crippen LogP contribution in [0.2, 0.25) is 0 Å². The Morgan fingerprint density at radius 2 is 1.68 bits per heavy atom. The van der Waals surface area contributed by atoms with Crippen LogP contribution in [0.1, 0.15) is 42.9 Å². The molecule has 4 nitrogen and oxygen atoms in total. The molecule has 0 saturated carbocycles. The number of rotatable bonds is 3. The van der Waals surface area contributed by atoms with Gasteiger partial charge >= 0.3 is 0 Å². The van der Waals surface area contributed by atoms with Gasteiger partial charge in [0.05, 0.1) is 10.9 Å². The molecule has 1 N–H and O–H groups in total. The first kappa shape index (κ1) is 19.1. The highest BCUT2D eigenvalue weighted by Gasteiger charge is 2.41. The number of benzene rings is 2. The SMILES string of the molecule is Cc1ccc(S(=O)(=O)N2C(=S)NC3=C(CCCC3)C2c2ccc(F)cc2)cc1. The number of sulfonamides is 1. The molecule has 2 aliphatic rings. The molecule has 1 atom stereocenters. The number of hydrogen-bond donors (Lipinski definition) is 1. The van der Waals surface area contributed by atoms with Crippen molar-refractivity contribution in [2.24, 2.45) is 0 Å². The lowest BCUT2D eigenvalue weighted by Gasteiger charge is -2.42. The molecule has 1 heterocycles. The van der Waals surface area contributed by atoms with Gasteiger partial charge in [0.2, 0.25) is 0 Å². The molecule has 1 unspecified atom stereocenters. The first-order chi connectivity index (χ1) is 13.4. The fraction of sp³-hybridized carbons (Fsp3) is 0.286. The van der Waals surface area contributed by atoms with Crippen molar-refractivity contribution in [2.75, 3.05) is 0 Å². The zero-order valence-electron chi connectivity index (χ0n) is 15.5. The molecule has 0 radical (unpaired) electrons. The van der Waals surface area contributed by atoms with Crippen LogP contribution in [-0.4, -0.2) is 17.8 Å². The fourth-order valence-electron chi connectivity index (χ4n) is 3.87. The molecule has 7 heteroatoms. The van der Waals surface area contributed by atoms with E-state index in [1.165, 1.54) is 16.4 Å². The molecular weight excluding hydrogens is 395 g/mol. The van der Waals surface area contributed by atoms with E-state index in [1.807, 2.05) is 6.92 Å². The second-order valence-electron chi connectivity index (χ2n) is 7.21.